The highest BCUT2D eigenvalue weighted by atomic mass is 35.5. The lowest BCUT2D eigenvalue weighted by Gasteiger charge is -2.35. The summed E-state index contributed by atoms with van der Waals surface area (Å²) >= 11 is 6.32. The second-order valence-electron chi connectivity index (χ2n) is 10.2. The first-order valence-corrected chi connectivity index (χ1v) is 13.7. The number of aryl methyl sites for hydroxylation is 1. The lowest BCUT2D eigenvalue weighted by molar-refractivity contribution is -0.129. The van der Waals surface area contributed by atoms with Gasteiger partial charge in [-0.25, -0.2) is 5.84 Å². The lowest BCUT2D eigenvalue weighted by Crippen LogP contribution is -2.38. The van der Waals surface area contributed by atoms with E-state index in [2.05, 4.69) is 10.4 Å². The third kappa shape index (κ3) is 5.45. The molecule has 5 N–H and O–H groups in total. The second-order valence-corrected chi connectivity index (χ2v) is 10.6. The van der Waals surface area contributed by atoms with Crippen LogP contribution in [0.5, 0.6) is 0 Å². The molecule has 0 aliphatic carbocycles. The average Bonchev–Trinajstić information content (AvgIpc) is 3.30. The monoisotopic (exact) mass is 560 g/mol. The third-order valence-electron chi connectivity index (χ3n) is 7.56. The first kappa shape index (κ1) is 27.4. The number of benzene rings is 1. The summed E-state index contributed by atoms with van der Waals surface area (Å²) in [6.07, 6.45) is 10.7. The average molecular weight is 561 g/mol. The Labute approximate surface area is 238 Å². The Balaban J connectivity index is 1.51. The summed E-state index contributed by atoms with van der Waals surface area (Å²) < 4.78 is 1.74. The maximum Gasteiger partial charge on any atom is 0.247 e. The molecule has 40 heavy (non-hydrogen) atoms. The van der Waals surface area contributed by atoms with Crippen molar-refractivity contribution in [3.63, 3.8) is 0 Å². The number of anilines is 2. The van der Waals surface area contributed by atoms with E-state index in [4.69, 9.17) is 28.2 Å². The van der Waals surface area contributed by atoms with Crippen molar-refractivity contribution in [2.45, 2.75) is 38.6 Å². The number of carbonyl (C=O) groups is 2. The molecule has 2 atom stereocenters. The molecule has 2 unspecified atom stereocenters. The topological polar surface area (TPSA) is 135 Å². The number of pyridine rings is 1. The molecule has 208 valence electrons. The third-order valence-corrected chi connectivity index (χ3v) is 7.80. The lowest BCUT2D eigenvalue weighted by atomic mass is 9.93. The number of hydrazine groups is 1. The van der Waals surface area contributed by atoms with Gasteiger partial charge >= 0.3 is 0 Å². The van der Waals surface area contributed by atoms with Crippen molar-refractivity contribution in [2.75, 3.05) is 16.9 Å². The number of nitrogens with two attached hydrogens (primary N) is 2. The standard InChI is InChI=1S/C29H33ClN8O2/c1-18-4-3-5-26(23-14-20(8-11-33-23)28-24(35-29(18)40)17-34-36(28)2)37-12-9-19(15-27(37)39)22-16-21(30)6-7-25(22)38(32)13-10-31/h6-8,10-11,13-18,26H,3-5,9,12,31-32H2,1-2H3,(H,35,40)/b13-10-. The van der Waals surface area contributed by atoms with Crippen molar-refractivity contribution in [3.05, 3.63) is 77.5 Å². The number of hydrogen-bond acceptors (Lipinski definition) is 7. The van der Waals surface area contributed by atoms with Crippen molar-refractivity contribution < 1.29 is 9.59 Å². The van der Waals surface area contributed by atoms with Crippen LogP contribution in [0.2, 0.25) is 5.02 Å². The van der Waals surface area contributed by atoms with Crippen LogP contribution in [-0.2, 0) is 16.6 Å². The molecule has 4 heterocycles. The predicted octanol–water partition coefficient (Wildman–Crippen LogP) is 4.36. The highest BCUT2D eigenvalue weighted by Gasteiger charge is 2.31. The smallest absolute Gasteiger partial charge is 0.247 e. The van der Waals surface area contributed by atoms with Crippen molar-refractivity contribution in [1.82, 2.24) is 19.7 Å². The van der Waals surface area contributed by atoms with E-state index in [0.717, 1.165) is 34.5 Å². The molecule has 1 aromatic carbocycles. The molecule has 0 spiro atoms. The number of aromatic nitrogens is 3. The van der Waals surface area contributed by atoms with E-state index in [1.165, 1.54) is 11.2 Å². The Morgan fingerprint density at radius 2 is 2.02 bits per heavy atom. The predicted molar refractivity (Wildman–Crippen MR) is 157 cm³/mol. The molecule has 11 heteroatoms. The summed E-state index contributed by atoms with van der Waals surface area (Å²) in [5, 5.41) is 9.37. The molecule has 0 fully saturated rings. The van der Waals surface area contributed by atoms with Crippen LogP contribution in [-0.4, -0.2) is 38.0 Å². The van der Waals surface area contributed by atoms with E-state index in [9.17, 15) is 9.59 Å². The molecule has 2 aromatic heterocycles. The van der Waals surface area contributed by atoms with Gasteiger partial charge in [0.15, 0.2) is 0 Å². The zero-order chi connectivity index (χ0) is 28.4. The van der Waals surface area contributed by atoms with Crippen LogP contribution in [0.4, 0.5) is 11.4 Å². The number of rotatable bonds is 4. The minimum atomic E-state index is -0.248. The summed E-state index contributed by atoms with van der Waals surface area (Å²) in [5.74, 6) is 5.83. The van der Waals surface area contributed by atoms with Crippen LogP contribution in [0, 0.1) is 5.92 Å². The van der Waals surface area contributed by atoms with Crippen LogP contribution in [0.25, 0.3) is 16.8 Å². The fraction of sp³-hybridized carbons (Fsp3) is 0.310. The Morgan fingerprint density at radius 1 is 1.20 bits per heavy atom. The highest BCUT2D eigenvalue weighted by Crippen LogP contribution is 2.38. The molecule has 0 radical (unpaired) electrons. The van der Waals surface area contributed by atoms with Gasteiger partial charge in [-0.3, -0.25) is 24.3 Å². The zero-order valence-electron chi connectivity index (χ0n) is 22.5. The van der Waals surface area contributed by atoms with Crippen molar-refractivity contribution >= 4 is 40.4 Å². The molecule has 2 aliphatic rings. The van der Waals surface area contributed by atoms with Gasteiger partial charge in [0.05, 0.1) is 35.0 Å². The van der Waals surface area contributed by atoms with Gasteiger partial charge in [-0.05, 0) is 55.2 Å². The summed E-state index contributed by atoms with van der Waals surface area (Å²) in [6.45, 7) is 2.42. The van der Waals surface area contributed by atoms with E-state index in [1.54, 1.807) is 35.4 Å². The maximum absolute atomic E-state index is 13.7. The van der Waals surface area contributed by atoms with E-state index in [1.807, 2.05) is 43.1 Å². The number of carbonyl (C=O) groups excluding carboxylic acids is 2. The number of halogens is 1. The molecule has 10 nitrogen and oxygen atoms in total. The number of nitrogens with zero attached hydrogens (tertiary/aromatic N) is 5. The van der Waals surface area contributed by atoms with Crippen LogP contribution in [0.3, 0.4) is 0 Å². The van der Waals surface area contributed by atoms with E-state index < -0.39 is 0 Å². The fourth-order valence-electron chi connectivity index (χ4n) is 5.46. The maximum atomic E-state index is 13.7. The second kappa shape index (κ2) is 11.5. The molecular weight excluding hydrogens is 528 g/mol. The number of fused-ring (bicyclic) bond motifs is 4. The van der Waals surface area contributed by atoms with Gasteiger partial charge in [0, 0.05) is 60.3 Å². The molecular formula is C29H33ClN8O2. The molecule has 5 rings (SSSR count). The quantitative estimate of drug-likeness (QED) is 0.318. The first-order chi connectivity index (χ1) is 19.3. The molecule has 2 amide bonds. The molecule has 2 bridgehead atoms. The number of amides is 2. The van der Waals surface area contributed by atoms with Crippen LogP contribution >= 0.6 is 11.6 Å². The van der Waals surface area contributed by atoms with Crippen LogP contribution in [0.1, 0.15) is 49.9 Å². The van der Waals surface area contributed by atoms with Crippen molar-refractivity contribution in [3.8, 4) is 11.3 Å². The Hall–Kier alpha value is -4.15. The van der Waals surface area contributed by atoms with Gasteiger partial charge in [-0.2, -0.15) is 5.10 Å². The molecule has 0 saturated carbocycles. The molecule has 0 saturated heterocycles. The van der Waals surface area contributed by atoms with Gasteiger partial charge in [-0.1, -0.05) is 24.9 Å². The Bertz CT molecular complexity index is 1500. The van der Waals surface area contributed by atoms with E-state index >= 15 is 0 Å². The summed E-state index contributed by atoms with van der Waals surface area (Å²) in [6, 6.07) is 9.02. The largest absolute Gasteiger partial charge is 0.403 e. The fourth-order valence-corrected chi connectivity index (χ4v) is 5.63. The molecule has 2 aliphatic heterocycles. The summed E-state index contributed by atoms with van der Waals surface area (Å²) in [5.41, 5.74) is 11.0. The Kier molecular flexibility index (Phi) is 7.90. The van der Waals surface area contributed by atoms with Gasteiger partial charge in [-0.15, -0.1) is 0 Å². The summed E-state index contributed by atoms with van der Waals surface area (Å²) in [7, 11) is 1.84. The van der Waals surface area contributed by atoms with Crippen molar-refractivity contribution in [1.29, 1.82) is 0 Å². The minimum absolute atomic E-state index is 0.0435. The SMILES string of the molecule is CC1CCCC(N2CCC(c3cc(Cl)ccc3N(N)/C=C\N)=CC2=O)c2cc(ccn2)-c2c(cnn2C)NC1=O. The highest BCUT2D eigenvalue weighted by molar-refractivity contribution is 6.31. The number of hydrogen-bond donors (Lipinski definition) is 3. The Morgan fingerprint density at radius 3 is 2.80 bits per heavy atom. The van der Waals surface area contributed by atoms with Gasteiger partial charge in [0.2, 0.25) is 11.8 Å². The van der Waals surface area contributed by atoms with Gasteiger partial charge in [0.25, 0.3) is 0 Å². The van der Waals surface area contributed by atoms with E-state index in [0.29, 0.717) is 42.2 Å². The molecule has 3 aromatic rings. The number of nitrogens with one attached hydrogen (secondary N) is 1. The first-order valence-electron chi connectivity index (χ1n) is 13.3. The van der Waals surface area contributed by atoms with Crippen LogP contribution in [0.15, 0.2) is 61.2 Å². The zero-order valence-corrected chi connectivity index (χ0v) is 23.3. The normalized spacial score (nSPS) is 19.9. The van der Waals surface area contributed by atoms with Crippen LogP contribution < -0.4 is 21.9 Å². The van der Waals surface area contributed by atoms with Gasteiger partial charge in [0.1, 0.15) is 0 Å². The van der Waals surface area contributed by atoms with E-state index in [-0.39, 0.29) is 23.8 Å². The van der Waals surface area contributed by atoms with Gasteiger partial charge < -0.3 is 16.0 Å². The summed E-state index contributed by atoms with van der Waals surface area (Å²) in [4.78, 5) is 33.2. The minimum Gasteiger partial charge on any atom is -0.403 e. The van der Waals surface area contributed by atoms with Crippen molar-refractivity contribution in [2.24, 2.45) is 24.5 Å².